The zero-order chi connectivity index (χ0) is 14.7. The molecule has 1 atom stereocenters. The second-order valence-corrected chi connectivity index (χ2v) is 5.53. The Hall–Kier alpha value is -1.67. The molecule has 0 aliphatic carbocycles. The van der Waals surface area contributed by atoms with Crippen LogP contribution in [0.3, 0.4) is 0 Å². The first kappa shape index (κ1) is 14.7. The molecule has 0 aromatic heterocycles. The van der Waals surface area contributed by atoms with Gasteiger partial charge in [-0.25, -0.2) is 4.39 Å². The van der Waals surface area contributed by atoms with E-state index in [0.29, 0.717) is 0 Å². The van der Waals surface area contributed by atoms with Crippen LogP contribution < -0.4 is 5.32 Å². The summed E-state index contributed by atoms with van der Waals surface area (Å²) in [5.41, 5.74) is 6.40. The summed E-state index contributed by atoms with van der Waals surface area (Å²) in [4.78, 5) is 0. The lowest BCUT2D eigenvalue weighted by atomic mass is 9.99. The van der Waals surface area contributed by atoms with Crippen molar-refractivity contribution in [1.29, 1.82) is 0 Å². The van der Waals surface area contributed by atoms with Gasteiger partial charge in [0.2, 0.25) is 0 Å². The van der Waals surface area contributed by atoms with E-state index >= 15 is 0 Å². The Bertz CT molecular complexity index is 564. The molecule has 0 amide bonds. The van der Waals surface area contributed by atoms with Gasteiger partial charge in [0.15, 0.2) is 0 Å². The third-order valence-electron chi connectivity index (χ3n) is 3.80. The van der Waals surface area contributed by atoms with E-state index in [1.54, 1.807) is 0 Å². The molecular weight excluding hydrogens is 249 g/mol. The quantitative estimate of drug-likeness (QED) is 0.856. The van der Waals surface area contributed by atoms with Gasteiger partial charge in [0.05, 0.1) is 0 Å². The van der Waals surface area contributed by atoms with Crippen molar-refractivity contribution in [2.75, 3.05) is 0 Å². The molecular formula is C18H22FN. The second-order valence-electron chi connectivity index (χ2n) is 5.53. The van der Waals surface area contributed by atoms with E-state index in [1.165, 1.54) is 34.4 Å². The summed E-state index contributed by atoms with van der Waals surface area (Å²) < 4.78 is 12.9. The van der Waals surface area contributed by atoms with Crippen LogP contribution in [0.2, 0.25) is 0 Å². The van der Waals surface area contributed by atoms with E-state index in [-0.39, 0.29) is 11.9 Å². The Morgan fingerprint density at radius 1 is 1.00 bits per heavy atom. The molecule has 0 fully saturated rings. The lowest BCUT2D eigenvalue weighted by Gasteiger charge is -2.17. The summed E-state index contributed by atoms with van der Waals surface area (Å²) in [6, 6.07) is 11.3. The third-order valence-corrected chi connectivity index (χ3v) is 3.80. The van der Waals surface area contributed by atoms with Gasteiger partial charge in [-0.15, -0.1) is 0 Å². The van der Waals surface area contributed by atoms with Crippen LogP contribution in [-0.2, 0) is 6.54 Å². The molecule has 0 saturated heterocycles. The Balaban J connectivity index is 2.07. The molecule has 2 heteroatoms. The number of benzene rings is 2. The van der Waals surface area contributed by atoms with Crippen molar-refractivity contribution in [3.05, 3.63) is 70.0 Å². The molecule has 0 bridgehead atoms. The van der Waals surface area contributed by atoms with Crippen molar-refractivity contribution in [3.8, 4) is 0 Å². The Labute approximate surface area is 120 Å². The third kappa shape index (κ3) is 3.45. The van der Waals surface area contributed by atoms with Crippen LogP contribution >= 0.6 is 0 Å². The lowest BCUT2D eigenvalue weighted by molar-refractivity contribution is 0.568. The fourth-order valence-corrected chi connectivity index (χ4v) is 2.61. The van der Waals surface area contributed by atoms with Crippen LogP contribution in [0.5, 0.6) is 0 Å². The highest BCUT2D eigenvalue weighted by Crippen LogP contribution is 2.18. The first-order valence-corrected chi connectivity index (χ1v) is 7.03. The molecule has 2 rings (SSSR count). The standard InChI is InChI=1S/C18H22FN/c1-12-9-13(2)18(14(3)10-12)11-20-15(4)16-5-7-17(19)8-6-16/h5-10,15,20H,11H2,1-4H3/t15-/m0/s1. The average Bonchev–Trinajstić information content (AvgIpc) is 2.38. The van der Waals surface area contributed by atoms with Crippen molar-refractivity contribution in [2.24, 2.45) is 0 Å². The molecule has 0 radical (unpaired) electrons. The molecule has 1 N–H and O–H groups in total. The number of nitrogens with one attached hydrogen (secondary N) is 1. The largest absolute Gasteiger partial charge is 0.306 e. The van der Waals surface area contributed by atoms with E-state index in [0.717, 1.165) is 12.1 Å². The molecule has 0 aliphatic rings. The van der Waals surface area contributed by atoms with E-state index in [1.807, 2.05) is 12.1 Å². The number of hydrogen-bond donors (Lipinski definition) is 1. The van der Waals surface area contributed by atoms with Crippen molar-refractivity contribution in [2.45, 2.75) is 40.3 Å². The van der Waals surface area contributed by atoms with E-state index in [4.69, 9.17) is 0 Å². The van der Waals surface area contributed by atoms with Gasteiger partial charge in [-0.3, -0.25) is 0 Å². The predicted octanol–water partition coefficient (Wildman–Crippen LogP) is 4.60. The molecule has 0 heterocycles. The smallest absolute Gasteiger partial charge is 0.123 e. The summed E-state index contributed by atoms with van der Waals surface area (Å²) in [7, 11) is 0. The first-order chi connectivity index (χ1) is 9.47. The van der Waals surface area contributed by atoms with Crippen LogP contribution in [0.15, 0.2) is 36.4 Å². The van der Waals surface area contributed by atoms with Crippen molar-refractivity contribution in [3.63, 3.8) is 0 Å². The highest BCUT2D eigenvalue weighted by Gasteiger charge is 2.08. The minimum Gasteiger partial charge on any atom is -0.306 e. The Morgan fingerprint density at radius 3 is 2.10 bits per heavy atom. The Morgan fingerprint density at radius 2 is 1.55 bits per heavy atom. The summed E-state index contributed by atoms with van der Waals surface area (Å²) in [5.74, 6) is -0.189. The normalized spacial score (nSPS) is 12.4. The van der Waals surface area contributed by atoms with Gasteiger partial charge < -0.3 is 5.32 Å². The molecule has 0 saturated carbocycles. The number of halogens is 1. The minimum absolute atomic E-state index is 0.189. The van der Waals surface area contributed by atoms with Gasteiger partial charge in [-0.2, -0.15) is 0 Å². The van der Waals surface area contributed by atoms with E-state index in [9.17, 15) is 4.39 Å². The molecule has 2 aromatic rings. The number of hydrogen-bond acceptors (Lipinski definition) is 1. The molecule has 0 unspecified atom stereocenters. The topological polar surface area (TPSA) is 12.0 Å². The SMILES string of the molecule is Cc1cc(C)c(CN[C@@H](C)c2ccc(F)cc2)c(C)c1. The summed E-state index contributed by atoms with van der Waals surface area (Å²) in [5, 5.41) is 3.51. The van der Waals surface area contributed by atoms with Crippen LogP contribution in [0, 0.1) is 26.6 Å². The molecule has 106 valence electrons. The zero-order valence-corrected chi connectivity index (χ0v) is 12.6. The second kappa shape index (κ2) is 6.19. The summed E-state index contributed by atoms with van der Waals surface area (Å²) in [6.45, 7) is 9.36. The fraction of sp³-hybridized carbons (Fsp3) is 0.333. The maximum absolute atomic E-state index is 12.9. The zero-order valence-electron chi connectivity index (χ0n) is 12.6. The monoisotopic (exact) mass is 271 g/mol. The van der Waals surface area contributed by atoms with Crippen LogP contribution in [0.4, 0.5) is 4.39 Å². The maximum atomic E-state index is 12.9. The molecule has 0 spiro atoms. The van der Waals surface area contributed by atoms with E-state index in [2.05, 4.69) is 45.1 Å². The predicted molar refractivity (Wildman–Crippen MR) is 82.3 cm³/mol. The highest BCUT2D eigenvalue weighted by molar-refractivity contribution is 5.37. The first-order valence-electron chi connectivity index (χ1n) is 7.03. The fourth-order valence-electron chi connectivity index (χ4n) is 2.61. The van der Waals surface area contributed by atoms with Gasteiger partial charge in [0.1, 0.15) is 5.82 Å². The lowest BCUT2D eigenvalue weighted by Crippen LogP contribution is -2.19. The average molecular weight is 271 g/mol. The molecule has 1 nitrogen and oxygen atoms in total. The van der Waals surface area contributed by atoms with Crippen LogP contribution in [0.1, 0.15) is 40.8 Å². The van der Waals surface area contributed by atoms with Crippen molar-refractivity contribution < 1.29 is 4.39 Å². The maximum Gasteiger partial charge on any atom is 0.123 e. The number of rotatable bonds is 4. The van der Waals surface area contributed by atoms with Crippen molar-refractivity contribution in [1.82, 2.24) is 5.32 Å². The minimum atomic E-state index is -0.189. The van der Waals surface area contributed by atoms with Crippen LogP contribution in [0.25, 0.3) is 0 Å². The van der Waals surface area contributed by atoms with Gasteiger partial charge in [0, 0.05) is 12.6 Å². The summed E-state index contributed by atoms with van der Waals surface area (Å²) >= 11 is 0. The molecule has 0 aliphatic heterocycles. The van der Waals surface area contributed by atoms with Gasteiger partial charge in [0.25, 0.3) is 0 Å². The highest BCUT2D eigenvalue weighted by atomic mass is 19.1. The van der Waals surface area contributed by atoms with E-state index < -0.39 is 0 Å². The van der Waals surface area contributed by atoms with Gasteiger partial charge in [-0.1, -0.05) is 29.8 Å². The number of aryl methyl sites for hydroxylation is 3. The summed E-state index contributed by atoms with van der Waals surface area (Å²) in [6.07, 6.45) is 0. The van der Waals surface area contributed by atoms with Gasteiger partial charge in [-0.05, 0) is 62.1 Å². The Kier molecular flexibility index (Phi) is 4.56. The molecule has 20 heavy (non-hydrogen) atoms. The van der Waals surface area contributed by atoms with Crippen LogP contribution in [-0.4, -0.2) is 0 Å². The molecule has 2 aromatic carbocycles. The van der Waals surface area contributed by atoms with Crippen molar-refractivity contribution >= 4 is 0 Å². The van der Waals surface area contributed by atoms with Gasteiger partial charge >= 0.3 is 0 Å².